The summed E-state index contributed by atoms with van der Waals surface area (Å²) in [6, 6.07) is 0.0387. The van der Waals surface area contributed by atoms with Crippen LogP contribution in [-0.2, 0) is 0 Å². The van der Waals surface area contributed by atoms with E-state index in [1.54, 1.807) is 0 Å². The van der Waals surface area contributed by atoms with Crippen LogP contribution in [0.15, 0.2) is 6.20 Å². The lowest BCUT2D eigenvalue weighted by Gasteiger charge is -2.36. The second kappa shape index (κ2) is 5.69. The molecule has 0 aliphatic heterocycles. The molecular weight excluding hydrogens is 254 g/mol. The van der Waals surface area contributed by atoms with E-state index >= 15 is 0 Å². The molecule has 2 atom stereocenters. The summed E-state index contributed by atoms with van der Waals surface area (Å²) in [6.45, 7) is 0. The standard InChI is InChI=1S/C11H18ClN5O/c1-17(8-4-2-3-5-9(8)18)10-7(12)6-14-11(15-10)16-13/h6,8-9,18H,2-5,13H2,1H3,(H,14,15,16). The first-order valence-electron chi connectivity index (χ1n) is 6.03. The predicted octanol–water partition coefficient (Wildman–Crippen LogP) is 1.16. The number of aliphatic hydroxyl groups is 1. The summed E-state index contributed by atoms with van der Waals surface area (Å²) in [7, 11) is 1.88. The number of nitrogens with two attached hydrogens (primary N) is 1. The lowest BCUT2D eigenvalue weighted by atomic mass is 9.91. The van der Waals surface area contributed by atoms with Gasteiger partial charge in [0.2, 0.25) is 5.95 Å². The average Bonchev–Trinajstić information content (AvgIpc) is 2.39. The molecule has 2 unspecified atom stereocenters. The quantitative estimate of drug-likeness (QED) is 0.565. The number of aliphatic hydroxyl groups excluding tert-OH is 1. The highest BCUT2D eigenvalue weighted by Gasteiger charge is 2.28. The molecule has 7 heteroatoms. The molecule has 6 nitrogen and oxygen atoms in total. The highest BCUT2D eigenvalue weighted by molar-refractivity contribution is 6.32. The van der Waals surface area contributed by atoms with Crippen LogP contribution in [0.4, 0.5) is 11.8 Å². The first-order chi connectivity index (χ1) is 8.63. The number of rotatable bonds is 3. The van der Waals surface area contributed by atoms with Gasteiger partial charge in [0.15, 0.2) is 5.82 Å². The van der Waals surface area contributed by atoms with Gasteiger partial charge in [0.25, 0.3) is 0 Å². The Morgan fingerprint density at radius 2 is 2.22 bits per heavy atom. The van der Waals surface area contributed by atoms with E-state index in [1.807, 2.05) is 11.9 Å². The number of likely N-dealkylation sites (N-methyl/N-ethyl adjacent to an activating group) is 1. The minimum atomic E-state index is -0.343. The molecule has 0 spiro atoms. The molecule has 100 valence electrons. The highest BCUT2D eigenvalue weighted by atomic mass is 35.5. The van der Waals surface area contributed by atoms with Crippen molar-refractivity contribution in [1.29, 1.82) is 0 Å². The van der Waals surface area contributed by atoms with Crippen LogP contribution in [0.25, 0.3) is 0 Å². The molecule has 0 radical (unpaired) electrons. The van der Waals surface area contributed by atoms with Crippen LogP contribution in [0.3, 0.4) is 0 Å². The van der Waals surface area contributed by atoms with Crippen molar-refractivity contribution in [2.24, 2.45) is 5.84 Å². The Kier molecular flexibility index (Phi) is 4.21. The first-order valence-corrected chi connectivity index (χ1v) is 6.41. The molecule has 1 aromatic rings. The number of hydrazine groups is 1. The topological polar surface area (TPSA) is 87.3 Å². The molecular formula is C11H18ClN5O. The summed E-state index contributed by atoms with van der Waals surface area (Å²) in [6.07, 6.45) is 5.09. The molecule has 0 bridgehead atoms. The van der Waals surface area contributed by atoms with E-state index in [-0.39, 0.29) is 12.1 Å². The predicted molar refractivity (Wildman–Crippen MR) is 71.5 cm³/mol. The van der Waals surface area contributed by atoms with E-state index in [1.165, 1.54) is 6.20 Å². The van der Waals surface area contributed by atoms with Crippen LogP contribution >= 0.6 is 11.6 Å². The van der Waals surface area contributed by atoms with Crippen LogP contribution in [0.2, 0.25) is 5.02 Å². The molecule has 1 heterocycles. The number of nitrogens with one attached hydrogen (secondary N) is 1. The minimum Gasteiger partial charge on any atom is -0.391 e. The summed E-state index contributed by atoms with van der Waals surface area (Å²) in [5.41, 5.74) is 2.39. The summed E-state index contributed by atoms with van der Waals surface area (Å²) in [4.78, 5) is 10.1. The zero-order chi connectivity index (χ0) is 13.1. The minimum absolute atomic E-state index is 0.0387. The lowest BCUT2D eigenvalue weighted by molar-refractivity contribution is 0.106. The van der Waals surface area contributed by atoms with Gasteiger partial charge in [0.05, 0.1) is 18.3 Å². The summed E-state index contributed by atoms with van der Waals surface area (Å²) >= 11 is 6.10. The summed E-state index contributed by atoms with van der Waals surface area (Å²) in [5, 5.41) is 10.5. The smallest absolute Gasteiger partial charge is 0.239 e. The Balaban J connectivity index is 2.23. The Labute approximate surface area is 111 Å². The van der Waals surface area contributed by atoms with Crippen molar-refractivity contribution >= 4 is 23.4 Å². The fraction of sp³-hybridized carbons (Fsp3) is 0.636. The van der Waals surface area contributed by atoms with Gasteiger partial charge in [-0.3, -0.25) is 5.43 Å². The molecule has 1 fully saturated rings. The van der Waals surface area contributed by atoms with Crippen molar-refractivity contribution in [3.63, 3.8) is 0 Å². The fourth-order valence-electron chi connectivity index (χ4n) is 2.38. The number of hydrogen-bond donors (Lipinski definition) is 3. The fourth-order valence-corrected chi connectivity index (χ4v) is 2.60. The molecule has 4 N–H and O–H groups in total. The van der Waals surface area contributed by atoms with Crippen LogP contribution in [0, 0.1) is 0 Å². The Morgan fingerprint density at radius 1 is 1.50 bits per heavy atom. The highest BCUT2D eigenvalue weighted by Crippen LogP contribution is 2.29. The average molecular weight is 272 g/mol. The van der Waals surface area contributed by atoms with Gasteiger partial charge in [-0.05, 0) is 12.8 Å². The Bertz CT molecular complexity index is 416. The molecule has 18 heavy (non-hydrogen) atoms. The van der Waals surface area contributed by atoms with Crippen LogP contribution in [0.5, 0.6) is 0 Å². The van der Waals surface area contributed by atoms with Crippen LogP contribution in [-0.4, -0.2) is 34.3 Å². The summed E-state index contributed by atoms with van der Waals surface area (Å²) in [5.74, 6) is 6.19. The third kappa shape index (κ3) is 2.66. The first kappa shape index (κ1) is 13.3. The van der Waals surface area contributed by atoms with Crippen molar-refractivity contribution in [2.45, 2.75) is 37.8 Å². The molecule has 0 aromatic carbocycles. The molecule has 1 saturated carbocycles. The number of hydrogen-bond acceptors (Lipinski definition) is 6. The zero-order valence-electron chi connectivity index (χ0n) is 10.3. The van der Waals surface area contributed by atoms with E-state index in [4.69, 9.17) is 17.4 Å². The van der Waals surface area contributed by atoms with Gasteiger partial charge in [-0.25, -0.2) is 10.8 Å². The van der Waals surface area contributed by atoms with Crippen LogP contribution in [0.1, 0.15) is 25.7 Å². The molecule has 1 aliphatic rings. The van der Waals surface area contributed by atoms with Crippen LogP contribution < -0.4 is 16.2 Å². The van der Waals surface area contributed by atoms with Gasteiger partial charge in [-0.15, -0.1) is 0 Å². The van der Waals surface area contributed by atoms with Crippen molar-refractivity contribution in [2.75, 3.05) is 17.4 Å². The third-order valence-electron chi connectivity index (χ3n) is 3.38. The summed E-state index contributed by atoms with van der Waals surface area (Å²) < 4.78 is 0. The van der Waals surface area contributed by atoms with Gasteiger partial charge in [-0.2, -0.15) is 4.98 Å². The molecule has 2 rings (SSSR count). The van der Waals surface area contributed by atoms with E-state index < -0.39 is 0 Å². The SMILES string of the molecule is CN(c1nc(NN)ncc1Cl)C1CCCCC1O. The number of anilines is 2. The number of nitrogens with zero attached hydrogens (tertiary/aromatic N) is 3. The maximum atomic E-state index is 10.0. The molecule has 0 saturated heterocycles. The van der Waals surface area contributed by atoms with E-state index in [9.17, 15) is 5.11 Å². The third-order valence-corrected chi connectivity index (χ3v) is 3.65. The Hall–Kier alpha value is -1.11. The van der Waals surface area contributed by atoms with E-state index in [0.717, 1.165) is 25.7 Å². The zero-order valence-corrected chi connectivity index (χ0v) is 11.1. The van der Waals surface area contributed by atoms with E-state index in [2.05, 4.69) is 15.4 Å². The van der Waals surface area contributed by atoms with Crippen molar-refractivity contribution in [3.8, 4) is 0 Å². The molecule has 1 aromatic heterocycles. The normalized spacial score (nSPS) is 23.8. The van der Waals surface area contributed by atoms with Crippen molar-refractivity contribution in [1.82, 2.24) is 9.97 Å². The van der Waals surface area contributed by atoms with Crippen molar-refractivity contribution < 1.29 is 5.11 Å². The lowest BCUT2D eigenvalue weighted by Crippen LogP contribution is -2.44. The maximum absolute atomic E-state index is 10.0. The molecule has 1 aliphatic carbocycles. The Morgan fingerprint density at radius 3 is 2.89 bits per heavy atom. The van der Waals surface area contributed by atoms with Gasteiger partial charge in [0, 0.05) is 7.05 Å². The van der Waals surface area contributed by atoms with Gasteiger partial charge >= 0.3 is 0 Å². The number of aromatic nitrogens is 2. The van der Waals surface area contributed by atoms with Gasteiger partial charge in [0.1, 0.15) is 5.02 Å². The second-order valence-electron chi connectivity index (χ2n) is 4.54. The molecule has 0 amide bonds. The number of halogens is 1. The van der Waals surface area contributed by atoms with E-state index in [0.29, 0.717) is 16.8 Å². The second-order valence-corrected chi connectivity index (χ2v) is 4.95. The van der Waals surface area contributed by atoms with Gasteiger partial charge < -0.3 is 10.0 Å². The largest absolute Gasteiger partial charge is 0.391 e. The van der Waals surface area contributed by atoms with Gasteiger partial charge in [-0.1, -0.05) is 24.4 Å². The van der Waals surface area contributed by atoms with Crippen molar-refractivity contribution in [3.05, 3.63) is 11.2 Å². The monoisotopic (exact) mass is 271 g/mol. The maximum Gasteiger partial charge on any atom is 0.239 e. The number of nitrogen functional groups attached to an aromatic ring is 1.